The van der Waals surface area contributed by atoms with Crippen LogP contribution in [0.4, 0.5) is 5.69 Å². The average Bonchev–Trinajstić information content (AvgIpc) is 3.42. The Bertz CT molecular complexity index is 1370. The van der Waals surface area contributed by atoms with Crippen LogP contribution in [0.5, 0.6) is 11.5 Å². The summed E-state index contributed by atoms with van der Waals surface area (Å²) < 4.78 is 14.0. The molecule has 0 saturated carbocycles. The zero-order chi connectivity index (χ0) is 24.4. The van der Waals surface area contributed by atoms with Gasteiger partial charge < -0.3 is 18.9 Å². The Morgan fingerprint density at radius 1 is 1.06 bits per heavy atom. The molecule has 1 amide bonds. The molecular formula is C28H28ClN3O3. The molecule has 0 N–H and O–H groups in total. The highest BCUT2D eigenvalue weighted by atomic mass is 35.5. The highest BCUT2D eigenvalue weighted by molar-refractivity contribution is 6.31. The van der Waals surface area contributed by atoms with Gasteiger partial charge in [0.25, 0.3) is 0 Å². The van der Waals surface area contributed by atoms with Gasteiger partial charge in [-0.05, 0) is 61.9 Å². The molecule has 7 heteroatoms. The summed E-state index contributed by atoms with van der Waals surface area (Å²) in [6, 6.07) is 21.5. The van der Waals surface area contributed by atoms with E-state index in [9.17, 15) is 4.79 Å². The van der Waals surface area contributed by atoms with Gasteiger partial charge in [0.05, 0.1) is 29.9 Å². The van der Waals surface area contributed by atoms with E-state index in [1.807, 2.05) is 79.4 Å². The summed E-state index contributed by atoms with van der Waals surface area (Å²) in [5.74, 6) is 2.47. The van der Waals surface area contributed by atoms with E-state index >= 15 is 0 Å². The number of nitrogens with zero attached hydrogens (tertiary/aromatic N) is 3. The van der Waals surface area contributed by atoms with Crippen molar-refractivity contribution in [2.45, 2.75) is 32.7 Å². The summed E-state index contributed by atoms with van der Waals surface area (Å²) >= 11 is 6.14. The maximum Gasteiger partial charge on any atom is 0.227 e. The maximum absolute atomic E-state index is 13.1. The molecule has 2 heterocycles. The molecular weight excluding hydrogens is 462 g/mol. The first-order valence-corrected chi connectivity index (χ1v) is 12.3. The van der Waals surface area contributed by atoms with Gasteiger partial charge in [0.15, 0.2) is 0 Å². The molecule has 1 aromatic heterocycles. The molecule has 3 aromatic carbocycles. The first kappa shape index (κ1) is 23.2. The highest BCUT2D eigenvalue weighted by Gasteiger charge is 2.36. The molecule has 35 heavy (non-hydrogen) atoms. The van der Waals surface area contributed by atoms with Crippen molar-refractivity contribution in [3.8, 4) is 11.5 Å². The third kappa shape index (κ3) is 4.71. The lowest BCUT2D eigenvalue weighted by Gasteiger charge is -2.20. The number of carbonyl (C=O) groups is 1. The predicted octanol–water partition coefficient (Wildman–Crippen LogP) is 6.00. The van der Waals surface area contributed by atoms with Gasteiger partial charge in [-0.1, -0.05) is 35.9 Å². The molecule has 1 unspecified atom stereocenters. The van der Waals surface area contributed by atoms with Crippen molar-refractivity contribution in [1.29, 1.82) is 0 Å². The Balaban J connectivity index is 1.40. The first-order valence-electron chi connectivity index (χ1n) is 11.9. The van der Waals surface area contributed by atoms with Crippen LogP contribution in [0.15, 0.2) is 66.7 Å². The molecule has 0 spiro atoms. The molecule has 5 rings (SSSR count). The lowest BCUT2D eigenvalue weighted by molar-refractivity contribution is -0.117. The minimum absolute atomic E-state index is 0.0256. The van der Waals surface area contributed by atoms with Gasteiger partial charge in [0.2, 0.25) is 5.91 Å². The van der Waals surface area contributed by atoms with Crippen molar-refractivity contribution >= 4 is 34.2 Å². The summed E-state index contributed by atoms with van der Waals surface area (Å²) in [7, 11) is 0. The summed E-state index contributed by atoms with van der Waals surface area (Å²) in [6.45, 7) is 6.11. The quantitative estimate of drug-likeness (QED) is 0.305. The van der Waals surface area contributed by atoms with Gasteiger partial charge in [-0.25, -0.2) is 4.98 Å². The molecule has 1 atom stereocenters. The van der Waals surface area contributed by atoms with Gasteiger partial charge >= 0.3 is 0 Å². The molecule has 0 bridgehead atoms. The van der Waals surface area contributed by atoms with Gasteiger partial charge in [0, 0.05) is 23.9 Å². The Hall–Kier alpha value is -3.51. The van der Waals surface area contributed by atoms with E-state index in [4.69, 9.17) is 26.1 Å². The second-order valence-electron chi connectivity index (χ2n) is 8.68. The molecule has 6 nitrogen and oxygen atoms in total. The number of anilines is 1. The fourth-order valence-corrected chi connectivity index (χ4v) is 4.79. The molecule has 180 valence electrons. The van der Waals surface area contributed by atoms with Gasteiger partial charge in [-0.3, -0.25) is 4.79 Å². The predicted molar refractivity (Wildman–Crippen MR) is 139 cm³/mol. The Labute approximate surface area is 210 Å². The number of carbonyl (C=O) groups excluding carboxylic acids is 1. The molecule has 1 fully saturated rings. The monoisotopic (exact) mass is 489 g/mol. The van der Waals surface area contributed by atoms with Crippen LogP contribution >= 0.6 is 11.6 Å². The highest BCUT2D eigenvalue weighted by Crippen LogP contribution is 2.37. The second-order valence-corrected chi connectivity index (χ2v) is 9.08. The van der Waals surface area contributed by atoms with E-state index in [0.717, 1.165) is 44.6 Å². The van der Waals surface area contributed by atoms with Crippen LogP contribution in [0.3, 0.4) is 0 Å². The lowest BCUT2D eigenvalue weighted by Crippen LogP contribution is -2.25. The number of amides is 1. The molecule has 1 aliphatic rings. The van der Waals surface area contributed by atoms with Crippen LogP contribution in [-0.4, -0.2) is 35.2 Å². The Morgan fingerprint density at radius 3 is 2.69 bits per heavy atom. The normalized spacial score (nSPS) is 15.7. The number of benzene rings is 3. The van der Waals surface area contributed by atoms with Crippen molar-refractivity contribution in [1.82, 2.24) is 9.55 Å². The minimum atomic E-state index is -0.0256. The Morgan fingerprint density at radius 2 is 1.86 bits per heavy atom. The zero-order valence-corrected chi connectivity index (χ0v) is 20.7. The van der Waals surface area contributed by atoms with Crippen molar-refractivity contribution in [2.24, 2.45) is 0 Å². The molecule has 1 saturated heterocycles. The van der Waals surface area contributed by atoms with Crippen LogP contribution in [0, 0.1) is 6.92 Å². The number of hydrogen-bond acceptors (Lipinski definition) is 4. The summed E-state index contributed by atoms with van der Waals surface area (Å²) in [5.41, 5.74) is 3.75. The van der Waals surface area contributed by atoms with Crippen molar-refractivity contribution in [3.63, 3.8) is 0 Å². The van der Waals surface area contributed by atoms with E-state index in [-0.39, 0.29) is 11.8 Å². The second kappa shape index (κ2) is 10.0. The molecule has 1 aliphatic heterocycles. The fourth-order valence-electron chi connectivity index (χ4n) is 4.67. The van der Waals surface area contributed by atoms with Crippen LogP contribution < -0.4 is 14.4 Å². The number of imidazole rings is 1. The number of rotatable bonds is 8. The van der Waals surface area contributed by atoms with E-state index < -0.39 is 0 Å². The molecule has 0 radical (unpaired) electrons. The summed E-state index contributed by atoms with van der Waals surface area (Å²) in [4.78, 5) is 19.9. The maximum atomic E-state index is 13.1. The van der Waals surface area contributed by atoms with Crippen molar-refractivity contribution < 1.29 is 14.3 Å². The van der Waals surface area contributed by atoms with Crippen LogP contribution in [0.2, 0.25) is 5.02 Å². The summed E-state index contributed by atoms with van der Waals surface area (Å²) in [5, 5.41) is 0.724. The smallest absolute Gasteiger partial charge is 0.227 e. The third-order valence-electron chi connectivity index (χ3n) is 6.34. The van der Waals surface area contributed by atoms with Crippen LogP contribution in [-0.2, 0) is 11.3 Å². The average molecular weight is 490 g/mol. The largest absolute Gasteiger partial charge is 0.492 e. The number of aromatic nitrogens is 2. The number of ether oxygens (including phenoxy) is 2. The SMILES string of the molecule is CCOc1ccccc1N1CC(c2nc3ccccc3n2CCOc2ccc(Cl)c(C)c2)CC1=O. The number of halogens is 1. The van der Waals surface area contributed by atoms with Crippen molar-refractivity contribution in [2.75, 3.05) is 24.7 Å². The number of fused-ring (bicyclic) bond motifs is 1. The van der Waals surface area contributed by atoms with Crippen LogP contribution in [0.25, 0.3) is 11.0 Å². The van der Waals surface area contributed by atoms with Crippen LogP contribution in [0.1, 0.15) is 30.7 Å². The zero-order valence-electron chi connectivity index (χ0n) is 19.9. The van der Waals surface area contributed by atoms with Gasteiger partial charge in [-0.2, -0.15) is 0 Å². The Kier molecular flexibility index (Phi) is 6.64. The van der Waals surface area contributed by atoms with E-state index in [2.05, 4.69) is 10.6 Å². The number of para-hydroxylation sites is 4. The van der Waals surface area contributed by atoms with Crippen molar-refractivity contribution in [3.05, 3.63) is 83.1 Å². The third-order valence-corrected chi connectivity index (χ3v) is 6.77. The first-order chi connectivity index (χ1) is 17.0. The fraction of sp³-hybridized carbons (Fsp3) is 0.286. The van der Waals surface area contributed by atoms with Gasteiger partial charge in [0.1, 0.15) is 23.9 Å². The van der Waals surface area contributed by atoms with E-state index in [1.165, 1.54) is 0 Å². The standard InChI is InChI=1S/C28H28ClN3O3/c1-3-34-26-11-7-6-10-25(26)32-18-20(17-27(32)33)28-30-23-8-4-5-9-24(23)31(28)14-15-35-21-12-13-22(29)19(2)16-21/h4-13,16,20H,3,14-15,17-18H2,1-2H3. The minimum Gasteiger partial charge on any atom is -0.492 e. The van der Waals surface area contributed by atoms with E-state index in [1.54, 1.807) is 0 Å². The van der Waals surface area contributed by atoms with E-state index in [0.29, 0.717) is 32.7 Å². The van der Waals surface area contributed by atoms with Gasteiger partial charge in [-0.15, -0.1) is 0 Å². The summed E-state index contributed by atoms with van der Waals surface area (Å²) in [6.07, 6.45) is 0.404. The number of hydrogen-bond donors (Lipinski definition) is 0. The lowest BCUT2D eigenvalue weighted by atomic mass is 10.1. The topological polar surface area (TPSA) is 56.6 Å². The molecule has 4 aromatic rings. The number of aryl methyl sites for hydroxylation is 1. The molecule has 0 aliphatic carbocycles.